The quantitative estimate of drug-likeness (QED) is 0.633. The summed E-state index contributed by atoms with van der Waals surface area (Å²) in [7, 11) is -3.42. The van der Waals surface area contributed by atoms with Gasteiger partial charge in [0.1, 0.15) is 0 Å². The van der Waals surface area contributed by atoms with Gasteiger partial charge in [-0.05, 0) is 38.0 Å². The number of anilines is 1. The molecule has 1 atom stereocenters. The smallest absolute Gasteiger partial charge is 0.303 e. The summed E-state index contributed by atoms with van der Waals surface area (Å²) in [5.41, 5.74) is 0.633. The summed E-state index contributed by atoms with van der Waals surface area (Å²) >= 11 is 0. The molecule has 1 rings (SSSR count). The summed E-state index contributed by atoms with van der Waals surface area (Å²) in [6, 6.07) is 5.88. The van der Waals surface area contributed by atoms with Crippen LogP contribution in [0.3, 0.4) is 0 Å². The molecular formula is C15H22N2O5S. The van der Waals surface area contributed by atoms with Crippen LogP contribution in [0.15, 0.2) is 24.3 Å². The highest BCUT2D eigenvalue weighted by molar-refractivity contribution is 7.92. The first kappa shape index (κ1) is 19.0. The summed E-state index contributed by atoms with van der Waals surface area (Å²) in [5, 5.41) is 11.3. The molecule has 1 amide bonds. The number of carbonyl (C=O) groups excluding carboxylic acids is 1. The minimum Gasteiger partial charge on any atom is -0.481 e. The average Bonchev–Trinajstić information content (AvgIpc) is 2.44. The Labute approximate surface area is 136 Å². The van der Waals surface area contributed by atoms with Crippen molar-refractivity contribution in [1.82, 2.24) is 5.32 Å². The number of carbonyl (C=O) groups is 2. The Balaban J connectivity index is 2.72. The number of hydrogen-bond acceptors (Lipinski definition) is 4. The SMILES string of the molecule is CCCS(=O)(=O)Nc1cccc(C(=O)NC(C)CCC(=O)O)c1. The van der Waals surface area contributed by atoms with Crippen LogP contribution in [0.1, 0.15) is 43.5 Å². The van der Waals surface area contributed by atoms with E-state index in [1.54, 1.807) is 32.0 Å². The van der Waals surface area contributed by atoms with Crippen LogP contribution in [0.25, 0.3) is 0 Å². The maximum absolute atomic E-state index is 12.1. The van der Waals surface area contributed by atoms with Crippen LogP contribution in [0.5, 0.6) is 0 Å². The first-order chi connectivity index (χ1) is 10.7. The lowest BCUT2D eigenvalue weighted by Crippen LogP contribution is -2.33. The molecule has 23 heavy (non-hydrogen) atoms. The van der Waals surface area contributed by atoms with Gasteiger partial charge < -0.3 is 10.4 Å². The predicted octanol–water partition coefficient (Wildman–Crippen LogP) is 1.82. The molecule has 0 aliphatic carbocycles. The van der Waals surface area contributed by atoms with Gasteiger partial charge in [-0.25, -0.2) is 8.42 Å². The first-order valence-electron chi connectivity index (χ1n) is 7.36. The number of carboxylic acid groups (broad SMARTS) is 1. The van der Waals surface area contributed by atoms with Gasteiger partial charge in [0.05, 0.1) is 5.75 Å². The van der Waals surface area contributed by atoms with Crippen molar-refractivity contribution in [3.63, 3.8) is 0 Å². The number of nitrogens with one attached hydrogen (secondary N) is 2. The van der Waals surface area contributed by atoms with E-state index in [4.69, 9.17) is 5.11 Å². The molecule has 0 aliphatic rings. The van der Waals surface area contributed by atoms with Crippen LogP contribution < -0.4 is 10.0 Å². The molecule has 0 heterocycles. The normalized spacial score (nSPS) is 12.4. The second kappa shape index (κ2) is 8.52. The topological polar surface area (TPSA) is 113 Å². The molecule has 0 spiro atoms. The van der Waals surface area contributed by atoms with E-state index in [-0.39, 0.29) is 24.1 Å². The monoisotopic (exact) mass is 342 g/mol. The molecule has 128 valence electrons. The first-order valence-corrected chi connectivity index (χ1v) is 9.02. The number of benzene rings is 1. The van der Waals surface area contributed by atoms with Gasteiger partial charge in [-0.15, -0.1) is 0 Å². The molecule has 8 heteroatoms. The lowest BCUT2D eigenvalue weighted by atomic mass is 10.1. The molecule has 0 fully saturated rings. The molecule has 0 bridgehead atoms. The second-order valence-electron chi connectivity index (χ2n) is 5.31. The summed E-state index contributed by atoms with van der Waals surface area (Å²) in [5.74, 6) is -1.28. The molecule has 0 aromatic heterocycles. The summed E-state index contributed by atoms with van der Waals surface area (Å²) in [6.45, 7) is 3.48. The van der Waals surface area contributed by atoms with Crippen molar-refractivity contribution in [3.05, 3.63) is 29.8 Å². The van der Waals surface area contributed by atoms with Crippen LogP contribution in [0, 0.1) is 0 Å². The standard InChI is InChI=1S/C15H22N2O5S/c1-3-9-23(21,22)17-13-6-4-5-12(10-13)15(20)16-11(2)7-8-14(18)19/h4-6,10-11,17H,3,7-9H2,1-2H3,(H,16,20)(H,18,19). The van der Waals surface area contributed by atoms with E-state index in [0.717, 1.165) is 0 Å². The summed E-state index contributed by atoms with van der Waals surface area (Å²) < 4.78 is 25.9. The van der Waals surface area contributed by atoms with Gasteiger partial charge in [0.2, 0.25) is 10.0 Å². The van der Waals surface area contributed by atoms with Gasteiger partial charge in [-0.1, -0.05) is 13.0 Å². The van der Waals surface area contributed by atoms with E-state index in [1.165, 1.54) is 6.07 Å². The Kier molecular flexibility index (Phi) is 7.02. The molecule has 3 N–H and O–H groups in total. The molecule has 1 aromatic rings. The van der Waals surface area contributed by atoms with Crippen molar-refractivity contribution in [2.75, 3.05) is 10.5 Å². The van der Waals surface area contributed by atoms with E-state index < -0.39 is 16.0 Å². The molecule has 0 radical (unpaired) electrons. The van der Waals surface area contributed by atoms with Gasteiger partial charge in [0.25, 0.3) is 5.91 Å². The molecule has 1 unspecified atom stereocenters. The van der Waals surface area contributed by atoms with Crippen molar-refractivity contribution in [2.24, 2.45) is 0 Å². The Morgan fingerprint density at radius 3 is 2.61 bits per heavy atom. The average molecular weight is 342 g/mol. The number of rotatable bonds is 9. The third-order valence-electron chi connectivity index (χ3n) is 3.04. The molecule has 0 aliphatic heterocycles. The number of sulfonamides is 1. The highest BCUT2D eigenvalue weighted by Gasteiger charge is 2.13. The maximum Gasteiger partial charge on any atom is 0.303 e. The third-order valence-corrected chi connectivity index (χ3v) is 4.53. The van der Waals surface area contributed by atoms with Crippen LogP contribution in [0.2, 0.25) is 0 Å². The summed E-state index contributed by atoms with van der Waals surface area (Å²) in [6.07, 6.45) is 0.790. The zero-order valence-electron chi connectivity index (χ0n) is 13.2. The van der Waals surface area contributed by atoms with Gasteiger partial charge in [-0.2, -0.15) is 0 Å². The highest BCUT2D eigenvalue weighted by atomic mass is 32.2. The lowest BCUT2D eigenvalue weighted by molar-refractivity contribution is -0.137. The summed E-state index contributed by atoms with van der Waals surface area (Å²) in [4.78, 5) is 22.6. The van der Waals surface area contributed by atoms with E-state index in [2.05, 4.69) is 10.0 Å². The fourth-order valence-electron chi connectivity index (χ4n) is 1.94. The fourth-order valence-corrected chi connectivity index (χ4v) is 3.07. The van der Waals surface area contributed by atoms with Crippen molar-refractivity contribution >= 4 is 27.6 Å². The van der Waals surface area contributed by atoms with E-state index >= 15 is 0 Å². The number of hydrogen-bond donors (Lipinski definition) is 3. The van der Waals surface area contributed by atoms with E-state index in [9.17, 15) is 18.0 Å². The molecule has 0 saturated carbocycles. The van der Waals surface area contributed by atoms with Crippen molar-refractivity contribution in [3.8, 4) is 0 Å². The number of amides is 1. The van der Waals surface area contributed by atoms with Gasteiger partial charge in [-0.3, -0.25) is 14.3 Å². The third kappa shape index (κ3) is 7.14. The van der Waals surface area contributed by atoms with Crippen LogP contribution in [-0.2, 0) is 14.8 Å². The van der Waals surface area contributed by atoms with Gasteiger partial charge in [0.15, 0.2) is 0 Å². The highest BCUT2D eigenvalue weighted by Crippen LogP contribution is 2.13. The van der Waals surface area contributed by atoms with Crippen LogP contribution in [0.4, 0.5) is 5.69 Å². The molecule has 0 saturated heterocycles. The van der Waals surface area contributed by atoms with E-state index in [1.807, 2.05) is 0 Å². The second-order valence-corrected chi connectivity index (χ2v) is 7.15. The minimum atomic E-state index is -3.42. The Morgan fingerprint density at radius 1 is 1.30 bits per heavy atom. The Morgan fingerprint density at radius 2 is 2.00 bits per heavy atom. The minimum absolute atomic E-state index is 0.00957. The van der Waals surface area contributed by atoms with Gasteiger partial charge in [0, 0.05) is 23.7 Å². The van der Waals surface area contributed by atoms with E-state index in [0.29, 0.717) is 24.1 Å². The Hall–Kier alpha value is -2.09. The van der Waals surface area contributed by atoms with Crippen molar-refractivity contribution in [2.45, 2.75) is 39.2 Å². The molecule has 1 aromatic carbocycles. The van der Waals surface area contributed by atoms with Crippen molar-refractivity contribution < 1.29 is 23.1 Å². The van der Waals surface area contributed by atoms with Crippen molar-refractivity contribution in [1.29, 1.82) is 0 Å². The number of aliphatic carboxylic acids is 1. The zero-order chi connectivity index (χ0) is 17.5. The maximum atomic E-state index is 12.1. The molecular weight excluding hydrogens is 320 g/mol. The van der Waals surface area contributed by atoms with Crippen LogP contribution >= 0.6 is 0 Å². The van der Waals surface area contributed by atoms with Crippen LogP contribution in [-0.4, -0.2) is 37.2 Å². The fraction of sp³-hybridized carbons (Fsp3) is 0.467. The number of carboxylic acids is 1. The van der Waals surface area contributed by atoms with Gasteiger partial charge >= 0.3 is 5.97 Å². The largest absolute Gasteiger partial charge is 0.481 e. The molecule has 7 nitrogen and oxygen atoms in total. The zero-order valence-corrected chi connectivity index (χ0v) is 14.0. The Bertz CT molecular complexity index is 658. The predicted molar refractivity (Wildman–Crippen MR) is 87.9 cm³/mol. The lowest BCUT2D eigenvalue weighted by Gasteiger charge is -2.13.